The fraction of sp³-hybridized carbons (Fsp3) is 0.529. The second-order valence-electron chi connectivity index (χ2n) is 6.16. The van der Waals surface area contributed by atoms with Gasteiger partial charge in [-0.1, -0.05) is 41.9 Å². The lowest BCUT2D eigenvalue weighted by atomic mass is 9.97. The topological polar surface area (TPSA) is 68.2 Å². The molecule has 1 aliphatic rings. The molecule has 2 aromatic rings. The number of aromatic nitrogens is 2. The van der Waals surface area contributed by atoms with Crippen molar-refractivity contribution in [1.82, 2.24) is 15.0 Å². The lowest BCUT2D eigenvalue weighted by Crippen LogP contribution is -2.48. The minimum atomic E-state index is 0. The van der Waals surface area contributed by atoms with Crippen LogP contribution in [-0.2, 0) is 13.0 Å². The number of hydrogen-bond acceptors (Lipinski definition) is 5. The van der Waals surface area contributed by atoms with E-state index in [-0.39, 0.29) is 18.4 Å². The zero-order valence-electron chi connectivity index (χ0n) is 13.5. The van der Waals surface area contributed by atoms with Crippen molar-refractivity contribution in [1.29, 1.82) is 0 Å². The van der Waals surface area contributed by atoms with Crippen LogP contribution in [0.2, 0.25) is 0 Å². The monoisotopic (exact) mass is 336 g/mol. The molecular weight excluding hydrogens is 312 g/mol. The molecule has 1 aliphatic heterocycles. The lowest BCUT2D eigenvalue weighted by Gasteiger charge is -2.37. The standard InChI is InChI=1S/C17H24N4O.ClH/c1-13(18)15-9-5-6-10-21(15)12-17-19-16(20-22-17)11-14-7-3-2-4-8-14;/h2-4,7-8,13,15H,5-6,9-12,18H2,1H3;1H. The van der Waals surface area contributed by atoms with Gasteiger partial charge in [-0.3, -0.25) is 4.90 Å². The maximum Gasteiger partial charge on any atom is 0.240 e. The summed E-state index contributed by atoms with van der Waals surface area (Å²) in [4.78, 5) is 6.92. The lowest BCUT2D eigenvalue weighted by molar-refractivity contribution is 0.109. The van der Waals surface area contributed by atoms with Gasteiger partial charge in [-0.25, -0.2) is 0 Å². The molecule has 126 valence electrons. The van der Waals surface area contributed by atoms with Gasteiger partial charge in [0.25, 0.3) is 0 Å². The summed E-state index contributed by atoms with van der Waals surface area (Å²) in [6.45, 7) is 3.84. The van der Waals surface area contributed by atoms with E-state index in [4.69, 9.17) is 10.3 Å². The Hall–Kier alpha value is -1.43. The van der Waals surface area contributed by atoms with Crippen LogP contribution in [-0.4, -0.2) is 33.7 Å². The number of nitrogens with zero attached hydrogens (tertiary/aromatic N) is 3. The first-order chi connectivity index (χ1) is 10.7. The third-order valence-electron chi connectivity index (χ3n) is 4.32. The molecule has 3 rings (SSSR count). The van der Waals surface area contributed by atoms with E-state index in [9.17, 15) is 0 Å². The highest BCUT2D eigenvalue weighted by Gasteiger charge is 2.26. The number of piperidine rings is 1. The SMILES string of the molecule is CC(N)C1CCCCN1Cc1nc(Cc2ccccc2)no1.Cl. The van der Waals surface area contributed by atoms with E-state index >= 15 is 0 Å². The first kappa shape index (κ1) is 17.9. The first-order valence-corrected chi connectivity index (χ1v) is 8.07. The van der Waals surface area contributed by atoms with Gasteiger partial charge in [0, 0.05) is 18.5 Å². The summed E-state index contributed by atoms with van der Waals surface area (Å²) < 4.78 is 5.42. The Kier molecular flexibility index (Phi) is 6.57. The summed E-state index contributed by atoms with van der Waals surface area (Å²) in [5.41, 5.74) is 7.31. The van der Waals surface area contributed by atoms with Gasteiger partial charge in [-0.15, -0.1) is 12.4 Å². The van der Waals surface area contributed by atoms with Crippen molar-refractivity contribution in [3.05, 3.63) is 47.6 Å². The number of hydrogen-bond donors (Lipinski definition) is 1. The average molecular weight is 337 g/mol. The maximum absolute atomic E-state index is 6.11. The Morgan fingerprint density at radius 1 is 1.30 bits per heavy atom. The van der Waals surface area contributed by atoms with Crippen LogP contribution < -0.4 is 5.73 Å². The number of rotatable bonds is 5. The van der Waals surface area contributed by atoms with E-state index in [0.29, 0.717) is 24.9 Å². The summed E-state index contributed by atoms with van der Waals surface area (Å²) in [5.74, 6) is 1.44. The number of nitrogens with two attached hydrogens (primary N) is 1. The molecule has 2 unspecified atom stereocenters. The molecule has 2 heterocycles. The van der Waals surface area contributed by atoms with Crippen molar-refractivity contribution < 1.29 is 4.52 Å². The van der Waals surface area contributed by atoms with Crippen LogP contribution in [0, 0.1) is 0 Å². The second kappa shape index (κ2) is 8.43. The van der Waals surface area contributed by atoms with Crippen molar-refractivity contribution in [2.24, 2.45) is 5.73 Å². The van der Waals surface area contributed by atoms with Crippen molar-refractivity contribution in [3.8, 4) is 0 Å². The van der Waals surface area contributed by atoms with E-state index < -0.39 is 0 Å². The van der Waals surface area contributed by atoms with Crippen molar-refractivity contribution in [2.45, 2.75) is 51.2 Å². The molecule has 0 spiro atoms. The molecule has 1 saturated heterocycles. The fourth-order valence-corrected chi connectivity index (χ4v) is 3.19. The smallest absolute Gasteiger partial charge is 0.240 e. The summed E-state index contributed by atoms with van der Waals surface area (Å²) in [6, 6.07) is 10.8. The van der Waals surface area contributed by atoms with E-state index in [0.717, 1.165) is 18.8 Å². The highest BCUT2D eigenvalue weighted by atomic mass is 35.5. The van der Waals surface area contributed by atoms with Crippen LogP contribution in [0.4, 0.5) is 0 Å². The summed E-state index contributed by atoms with van der Waals surface area (Å²) in [6.07, 6.45) is 4.34. The van der Waals surface area contributed by atoms with Crippen molar-refractivity contribution in [2.75, 3.05) is 6.54 Å². The van der Waals surface area contributed by atoms with Gasteiger partial charge < -0.3 is 10.3 Å². The normalized spacial score (nSPS) is 20.0. The minimum absolute atomic E-state index is 0. The molecule has 2 atom stereocenters. The van der Waals surface area contributed by atoms with Crippen LogP contribution in [0.15, 0.2) is 34.9 Å². The fourth-order valence-electron chi connectivity index (χ4n) is 3.19. The second-order valence-corrected chi connectivity index (χ2v) is 6.16. The Morgan fingerprint density at radius 2 is 2.09 bits per heavy atom. The summed E-state index contributed by atoms with van der Waals surface area (Å²) in [5, 5.41) is 4.10. The number of halogens is 1. The van der Waals surface area contributed by atoms with Crippen LogP contribution in [0.1, 0.15) is 43.5 Å². The molecule has 0 bridgehead atoms. The van der Waals surface area contributed by atoms with Gasteiger partial charge in [-0.05, 0) is 31.9 Å². The molecule has 2 N–H and O–H groups in total. The van der Waals surface area contributed by atoms with Gasteiger partial charge in [-0.2, -0.15) is 4.98 Å². The molecule has 0 aliphatic carbocycles. The third-order valence-corrected chi connectivity index (χ3v) is 4.32. The predicted octanol–water partition coefficient (Wildman–Crippen LogP) is 2.78. The van der Waals surface area contributed by atoms with E-state index in [1.807, 2.05) is 18.2 Å². The van der Waals surface area contributed by atoms with Gasteiger partial charge >= 0.3 is 0 Å². The Bertz CT molecular complexity index is 587. The third kappa shape index (κ3) is 4.77. The molecule has 6 heteroatoms. The van der Waals surface area contributed by atoms with Gasteiger partial charge in [0.05, 0.1) is 6.54 Å². The maximum atomic E-state index is 6.11. The average Bonchev–Trinajstić information content (AvgIpc) is 2.96. The Morgan fingerprint density at radius 3 is 2.83 bits per heavy atom. The molecule has 1 aromatic heterocycles. The van der Waals surface area contributed by atoms with E-state index in [1.54, 1.807) is 0 Å². The summed E-state index contributed by atoms with van der Waals surface area (Å²) >= 11 is 0. The van der Waals surface area contributed by atoms with Crippen LogP contribution in [0.3, 0.4) is 0 Å². The zero-order valence-corrected chi connectivity index (χ0v) is 14.3. The molecular formula is C17H25ClN4O. The van der Waals surface area contributed by atoms with E-state index in [1.165, 1.54) is 18.4 Å². The number of benzene rings is 1. The van der Waals surface area contributed by atoms with Crippen LogP contribution >= 0.6 is 12.4 Å². The number of likely N-dealkylation sites (tertiary alicyclic amines) is 1. The van der Waals surface area contributed by atoms with Gasteiger partial charge in [0.15, 0.2) is 5.82 Å². The highest BCUT2D eigenvalue weighted by molar-refractivity contribution is 5.85. The molecule has 0 amide bonds. The van der Waals surface area contributed by atoms with Gasteiger partial charge in [0.2, 0.25) is 5.89 Å². The molecule has 5 nitrogen and oxygen atoms in total. The molecule has 0 saturated carbocycles. The minimum Gasteiger partial charge on any atom is -0.338 e. The quantitative estimate of drug-likeness (QED) is 0.909. The van der Waals surface area contributed by atoms with Crippen molar-refractivity contribution >= 4 is 12.4 Å². The summed E-state index contributed by atoms with van der Waals surface area (Å²) in [7, 11) is 0. The van der Waals surface area contributed by atoms with Gasteiger partial charge in [0.1, 0.15) is 0 Å². The molecule has 1 aromatic carbocycles. The van der Waals surface area contributed by atoms with Crippen molar-refractivity contribution in [3.63, 3.8) is 0 Å². The molecule has 23 heavy (non-hydrogen) atoms. The van der Waals surface area contributed by atoms with Crippen LogP contribution in [0.25, 0.3) is 0 Å². The largest absolute Gasteiger partial charge is 0.338 e. The molecule has 1 fully saturated rings. The molecule has 0 radical (unpaired) electrons. The first-order valence-electron chi connectivity index (χ1n) is 8.07. The predicted molar refractivity (Wildman–Crippen MR) is 92.5 cm³/mol. The zero-order chi connectivity index (χ0) is 15.4. The van der Waals surface area contributed by atoms with Crippen LogP contribution in [0.5, 0.6) is 0 Å². The Balaban J connectivity index is 0.00000192. The van der Waals surface area contributed by atoms with E-state index in [2.05, 4.69) is 34.1 Å². The highest BCUT2D eigenvalue weighted by Crippen LogP contribution is 2.21. The Labute approximate surface area is 143 Å².